The number of aromatic amines is 1. The molecule has 0 aliphatic rings. The molecule has 1 heterocycles. The SMILES string of the molecule is Cc1ccc(=O)[nH][n+]1C. The van der Waals surface area contributed by atoms with E-state index >= 15 is 0 Å². The van der Waals surface area contributed by atoms with Gasteiger partial charge in [-0.05, 0) is 0 Å². The number of nitrogens with zero attached hydrogens (tertiary/aromatic N) is 1. The summed E-state index contributed by atoms with van der Waals surface area (Å²) >= 11 is 0. The van der Waals surface area contributed by atoms with Gasteiger partial charge in [0.05, 0.1) is 0 Å². The van der Waals surface area contributed by atoms with E-state index in [1.807, 2.05) is 6.92 Å². The fourth-order valence-corrected chi connectivity index (χ4v) is 0.599. The van der Waals surface area contributed by atoms with Gasteiger partial charge in [-0.25, -0.2) is 0 Å². The van der Waals surface area contributed by atoms with Crippen molar-refractivity contribution in [1.29, 1.82) is 0 Å². The molecule has 0 amide bonds. The van der Waals surface area contributed by atoms with Crippen LogP contribution in [0.5, 0.6) is 0 Å². The van der Waals surface area contributed by atoms with Crippen molar-refractivity contribution >= 4 is 0 Å². The third kappa shape index (κ3) is 1.16. The van der Waals surface area contributed by atoms with E-state index < -0.39 is 0 Å². The van der Waals surface area contributed by atoms with E-state index in [4.69, 9.17) is 0 Å². The zero-order valence-corrected chi connectivity index (χ0v) is 5.51. The third-order valence-electron chi connectivity index (χ3n) is 1.28. The maximum atomic E-state index is 10.6. The van der Waals surface area contributed by atoms with E-state index in [2.05, 4.69) is 5.10 Å². The van der Waals surface area contributed by atoms with Crippen molar-refractivity contribution in [3.05, 3.63) is 28.2 Å². The molecule has 0 saturated heterocycles. The zero-order chi connectivity index (χ0) is 6.85. The zero-order valence-electron chi connectivity index (χ0n) is 5.51. The fraction of sp³-hybridized carbons (Fsp3) is 0.333. The van der Waals surface area contributed by atoms with Gasteiger partial charge in [0.1, 0.15) is 0 Å². The molecule has 1 aromatic rings. The Morgan fingerprint density at radius 2 is 2.22 bits per heavy atom. The van der Waals surface area contributed by atoms with Gasteiger partial charge in [-0.3, -0.25) is 4.79 Å². The van der Waals surface area contributed by atoms with Crippen LogP contribution < -0.4 is 10.2 Å². The number of aryl methyl sites for hydroxylation is 2. The Labute approximate surface area is 52.9 Å². The van der Waals surface area contributed by atoms with E-state index in [0.29, 0.717) is 0 Å². The van der Waals surface area contributed by atoms with E-state index in [1.54, 1.807) is 17.8 Å². The number of aromatic nitrogens is 2. The molecule has 3 heteroatoms. The number of hydrogen-bond acceptors (Lipinski definition) is 1. The van der Waals surface area contributed by atoms with Gasteiger partial charge in [0.25, 0.3) is 5.56 Å². The lowest BCUT2D eigenvalue weighted by Crippen LogP contribution is -2.41. The molecule has 3 nitrogen and oxygen atoms in total. The van der Waals surface area contributed by atoms with Gasteiger partial charge in [-0.2, -0.15) is 0 Å². The lowest BCUT2D eigenvalue weighted by Gasteiger charge is -1.87. The van der Waals surface area contributed by atoms with E-state index in [-0.39, 0.29) is 5.56 Å². The lowest BCUT2D eigenvalue weighted by molar-refractivity contribution is -0.737. The standard InChI is InChI=1S/C6H8N2O/c1-5-3-4-6(9)7-8(5)2/h3-4H,1-2H3/p+1. The molecule has 0 radical (unpaired) electrons. The highest BCUT2D eigenvalue weighted by atomic mass is 16.1. The first-order chi connectivity index (χ1) is 4.20. The van der Waals surface area contributed by atoms with Crippen LogP contribution in [0.15, 0.2) is 16.9 Å². The average molecular weight is 125 g/mol. The molecule has 0 aliphatic heterocycles. The summed E-state index contributed by atoms with van der Waals surface area (Å²) in [6, 6.07) is 3.29. The topological polar surface area (TPSA) is 36.7 Å². The van der Waals surface area contributed by atoms with E-state index in [0.717, 1.165) is 5.69 Å². The molecule has 0 saturated carbocycles. The van der Waals surface area contributed by atoms with Crippen molar-refractivity contribution < 1.29 is 4.68 Å². The summed E-state index contributed by atoms with van der Waals surface area (Å²) in [7, 11) is 1.80. The first kappa shape index (κ1) is 6.01. The minimum absolute atomic E-state index is 0.0666. The minimum atomic E-state index is -0.0666. The summed E-state index contributed by atoms with van der Waals surface area (Å²) in [5.74, 6) is 0. The van der Waals surface area contributed by atoms with Crippen LogP contribution in [-0.2, 0) is 7.05 Å². The number of H-pyrrole nitrogens is 1. The van der Waals surface area contributed by atoms with Crippen LogP contribution in [0, 0.1) is 6.92 Å². The van der Waals surface area contributed by atoms with Crippen LogP contribution in [0.2, 0.25) is 0 Å². The number of rotatable bonds is 0. The Balaban J connectivity index is 3.34. The van der Waals surface area contributed by atoms with Crippen LogP contribution >= 0.6 is 0 Å². The Bertz CT molecular complexity index is 264. The van der Waals surface area contributed by atoms with Crippen molar-refractivity contribution in [3.63, 3.8) is 0 Å². The molecule has 1 N–H and O–H groups in total. The summed E-state index contributed by atoms with van der Waals surface area (Å²) in [4.78, 5) is 10.6. The van der Waals surface area contributed by atoms with Crippen molar-refractivity contribution in [2.24, 2.45) is 7.05 Å². The van der Waals surface area contributed by atoms with Crippen LogP contribution in [-0.4, -0.2) is 5.10 Å². The monoisotopic (exact) mass is 125 g/mol. The second-order valence-corrected chi connectivity index (χ2v) is 2.01. The number of hydrogen-bond donors (Lipinski definition) is 1. The molecule has 9 heavy (non-hydrogen) atoms. The average Bonchev–Trinajstić information content (AvgIpc) is 1.80. The first-order valence-corrected chi connectivity index (χ1v) is 2.76. The van der Waals surface area contributed by atoms with Crippen molar-refractivity contribution in [1.82, 2.24) is 5.10 Å². The van der Waals surface area contributed by atoms with Gasteiger partial charge in [-0.15, -0.1) is 9.78 Å². The highest BCUT2D eigenvalue weighted by Crippen LogP contribution is 1.76. The molecule has 1 rings (SSSR count). The second-order valence-electron chi connectivity index (χ2n) is 2.01. The molecular weight excluding hydrogens is 116 g/mol. The molecule has 0 bridgehead atoms. The second kappa shape index (κ2) is 2.01. The van der Waals surface area contributed by atoms with Crippen molar-refractivity contribution in [3.8, 4) is 0 Å². The number of nitrogens with one attached hydrogen (secondary N) is 1. The van der Waals surface area contributed by atoms with E-state index in [9.17, 15) is 4.79 Å². The molecule has 1 aromatic heterocycles. The maximum Gasteiger partial charge on any atom is 0.297 e. The Hall–Kier alpha value is -1.12. The van der Waals surface area contributed by atoms with Gasteiger partial charge in [0.15, 0.2) is 7.05 Å². The fourth-order valence-electron chi connectivity index (χ4n) is 0.599. The predicted octanol–water partition coefficient (Wildman–Crippen LogP) is -0.492. The van der Waals surface area contributed by atoms with Crippen LogP contribution in [0.1, 0.15) is 5.69 Å². The smallest absolute Gasteiger partial charge is 0.264 e. The summed E-state index contributed by atoms with van der Waals surface area (Å²) in [5.41, 5.74) is 0.970. The molecule has 0 unspecified atom stereocenters. The summed E-state index contributed by atoms with van der Waals surface area (Å²) in [6.07, 6.45) is 0. The predicted molar refractivity (Wildman–Crippen MR) is 33.0 cm³/mol. The summed E-state index contributed by atoms with van der Waals surface area (Å²) < 4.78 is 1.68. The van der Waals surface area contributed by atoms with Gasteiger partial charge in [-0.1, -0.05) is 0 Å². The molecule has 0 aliphatic carbocycles. The molecule has 0 fully saturated rings. The summed E-state index contributed by atoms with van der Waals surface area (Å²) in [5, 5.41) is 2.60. The van der Waals surface area contributed by atoms with Crippen LogP contribution in [0.25, 0.3) is 0 Å². The Morgan fingerprint density at radius 1 is 1.56 bits per heavy atom. The summed E-state index contributed by atoms with van der Waals surface area (Å²) in [6.45, 7) is 1.93. The maximum absolute atomic E-state index is 10.6. The van der Waals surface area contributed by atoms with E-state index in [1.165, 1.54) is 6.07 Å². The highest BCUT2D eigenvalue weighted by Gasteiger charge is 1.96. The normalized spacial score (nSPS) is 9.56. The first-order valence-electron chi connectivity index (χ1n) is 2.76. The minimum Gasteiger partial charge on any atom is -0.264 e. The third-order valence-corrected chi connectivity index (χ3v) is 1.28. The van der Waals surface area contributed by atoms with Gasteiger partial charge >= 0.3 is 0 Å². The molecular formula is C6H9N2O+. The largest absolute Gasteiger partial charge is 0.297 e. The van der Waals surface area contributed by atoms with Gasteiger partial charge < -0.3 is 0 Å². The lowest BCUT2D eigenvalue weighted by atomic mass is 10.4. The Morgan fingerprint density at radius 3 is 2.67 bits per heavy atom. The quantitative estimate of drug-likeness (QED) is 0.467. The van der Waals surface area contributed by atoms with Crippen LogP contribution in [0.4, 0.5) is 0 Å². The highest BCUT2D eigenvalue weighted by molar-refractivity contribution is 4.90. The van der Waals surface area contributed by atoms with Gasteiger partial charge in [0, 0.05) is 19.1 Å². The Kier molecular flexibility index (Phi) is 1.34. The molecule has 0 spiro atoms. The molecule has 0 aromatic carbocycles. The van der Waals surface area contributed by atoms with Crippen molar-refractivity contribution in [2.45, 2.75) is 6.92 Å². The molecule has 0 atom stereocenters. The van der Waals surface area contributed by atoms with Crippen molar-refractivity contribution in [2.75, 3.05) is 0 Å². The van der Waals surface area contributed by atoms with Crippen LogP contribution in [0.3, 0.4) is 0 Å². The van der Waals surface area contributed by atoms with Gasteiger partial charge in [0.2, 0.25) is 5.69 Å². The molecule has 48 valence electrons.